The summed E-state index contributed by atoms with van der Waals surface area (Å²) < 4.78 is 31.7. The summed E-state index contributed by atoms with van der Waals surface area (Å²) in [6.07, 6.45) is 4.52. The van der Waals surface area contributed by atoms with Crippen LogP contribution < -0.4 is 14.8 Å². The first-order chi connectivity index (χ1) is 15.4. The number of rotatable bonds is 6. The average molecular weight is 448 g/mol. The van der Waals surface area contributed by atoms with Gasteiger partial charge in [0.1, 0.15) is 16.3 Å². The van der Waals surface area contributed by atoms with Crippen LogP contribution in [0.5, 0.6) is 5.75 Å². The van der Waals surface area contributed by atoms with Crippen LogP contribution in [0.25, 0.3) is 6.08 Å². The number of carbonyl (C=O) groups excluding carboxylic acids is 1. The van der Waals surface area contributed by atoms with Crippen molar-refractivity contribution >= 4 is 27.7 Å². The van der Waals surface area contributed by atoms with E-state index in [1.165, 1.54) is 38.4 Å². The van der Waals surface area contributed by atoms with E-state index >= 15 is 0 Å². The van der Waals surface area contributed by atoms with E-state index in [2.05, 4.69) is 26.9 Å². The van der Waals surface area contributed by atoms with Crippen molar-refractivity contribution in [3.8, 4) is 17.6 Å². The van der Waals surface area contributed by atoms with Crippen molar-refractivity contribution in [1.29, 1.82) is 0 Å². The van der Waals surface area contributed by atoms with Crippen molar-refractivity contribution < 1.29 is 17.9 Å². The fourth-order valence-electron chi connectivity index (χ4n) is 2.72. The van der Waals surface area contributed by atoms with E-state index in [4.69, 9.17) is 4.74 Å². The molecule has 0 aliphatic carbocycles. The predicted molar refractivity (Wildman–Crippen MR) is 124 cm³/mol. The standard InChI is InChI=1S/C24H21N3O4S/c1-25-32(29,30)23-17-19(10-13-22(23)31-2)11-14-24(28)27-21-8-5-6-18(16-21)9-12-20-7-3-4-15-26-20/h3-8,10-11,13-17,25H,1-2H3,(H,27,28)/b14-11+. The monoisotopic (exact) mass is 447 g/mol. The molecule has 0 saturated carbocycles. The minimum Gasteiger partial charge on any atom is -0.495 e. The second kappa shape index (κ2) is 10.4. The first-order valence-corrected chi connectivity index (χ1v) is 11.0. The highest BCUT2D eigenvalue weighted by atomic mass is 32.2. The molecule has 0 atom stereocenters. The Kier molecular flexibility index (Phi) is 7.39. The van der Waals surface area contributed by atoms with Crippen LogP contribution in [0.15, 0.2) is 77.8 Å². The quantitative estimate of drug-likeness (QED) is 0.447. The van der Waals surface area contributed by atoms with Gasteiger partial charge in [-0.05, 0) is 67.1 Å². The minimum absolute atomic E-state index is 0.00996. The van der Waals surface area contributed by atoms with Crippen molar-refractivity contribution in [1.82, 2.24) is 9.71 Å². The van der Waals surface area contributed by atoms with Crippen LogP contribution in [-0.2, 0) is 14.8 Å². The van der Waals surface area contributed by atoms with Gasteiger partial charge in [0.25, 0.3) is 0 Å². The average Bonchev–Trinajstić information content (AvgIpc) is 2.82. The Bertz CT molecular complexity index is 1310. The fourth-order valence-corrected chi connectivity index (χ4v) is 3.65. The Labute approximate surface area is 187 Å². The summed E-state index contributed by atoms with van der Waals surface area (Å²) in [7, 11) is -0.998. The molecule has 0 saturated heterocycles. The molecule has 0 aliphatic rings. The Morgan fingerprint density at radius 2 is 1.91 bits per heavy atom. The summed E-state index contributed by atoms with van der Waals surface area (Å²) >= 11 is 0. The minimum atomic E-state index is -3.71. The molecule has 8 heteroatoms. The molecule has 0 unspecified atom stereocenters. The number of anilines is 1. The van der Waals surface area contributed by atoms with E-state index < -0.39 is 10.0 Å². The number of pyridine rings is 1. The Morgan fingerprint density at radius 1 is 1.06 bits per heavy atom. The van der Waals surface area contributed by atoms with Gasteiger partial charge in [0.15, 0.2) is 0 Å². The van der Waals surface area contributed by atoms with Crippen LogP contribution >= 0.6 is 0 Å². The summed E-state index contributed by atoms with van der Waals surface area (Å²) in [6.45, 7) is 0. The maximum atomic E-state index is 12.3. The molecule has 7 nitrogen and oxygen atoms in total. The molecular formula is C24H21N3O4S. The van der Waals surface area contributed by atoms with Gasteiger partial charge in [-0.2, -0.15) is 0 Å². The summed E-state index contributed by atoms with van der Waals surface area (Å²) in [5, 5.41) is 2.76. The number of nitrogens with zero attached hydrogens (tertiary/aromatic N) is 1. The smallest absolute Gasteiger partial charge is 0.248 e. The van der Waals surface area contributed by atoms with E-state index in [-0.39, 0.29) is 16.6 Å². The van der Waals surface area contributed by atoms with Gasteiger partial charge in [-0.1, -0.05) is 24.1 Å². The maximum Gasteiger partial charge on any atom is 0.248 e. The number of carbonyl (C=O) groups is 1. The first-order valence-electron chi connectivity index (χ1n) is 9.55. The van der Waals surface area contributed by atoms with Crippen molar-refractivity contribution in [3.05, 3.63) is 89.8 Å². The molecule has 162 valence electrons. The SMILES string of the molecule is CNS(=O)(=O)c1cc(/C=C/C(=O)Nc2cccc(C#Cc3ccccn3)c2)ccc1OC. The predicted octanol–water partition coefficient (Wildman–Crippen LogP) is 3.05. The maximum absolute atomic E-state index is 12.3. The van der Waals surface area contributed by atoms with Crippen molar-refractivity contribution in [3.63, 3.8) is 0 Å². The van der Waals surface area contributed by atoms with Gasteiger partial charge >= 0.3 is 0 Å². The first kappa shape index (κ1) is 22.7. The largest absolute Gasteiger partial charge is 0.495 e. The molecule has 0 radical (unpaired) electrons. The number of aromatic nitrogens is 1. The number of sulfonamides is 1. The van der Waals surface area contributed by atoms with Crippen LogP contribution in [0.3, 0.4) is 0 Å². The summed E-state index contributed by atoms with van der Waals surface area (Å²) in [5.41, 5.74) is 2.50. The zero-order valence-electron chi connectivity index (χ0n) is 17.5. The zero-order valence-corrected chi connectivity index (χ0v) is 18.3. The topological polar surface area (TPSA) is 97.4 Å². The second-order valence-electron chi connectivity index (χ2n) is 6.49. The summed E-state index contributed by atoms with van der Waals surface area (Å²) in [4.78, 5) is 16.5. The molecule has 2 N–H and O–H groups in total. The lowest BCUT2D eigenvalue weighted by molar-refractivity contribution is -0.111. The molecule has 0 aliphatic heterocycles. The molecule has 1 heterocycles. The number of methoxy groups -OCH3 is 1. The number of hydrogen-bond donors (Lipinski definition) is 2. The second-order valence-corrected chi connectivity index (χ2v) is 8.34. The van der Waals surface area contributed by atoms with Gasteiger partial charge in [-0.3, -0.25) is 4.79 Å². The number of amides is 1. The fraction of sp³-hybridized carbons (Fsp3) is 0.0833. The Hall–Kier alpha value is -3.93. The van der Waals surface area contributed by atoms with Gasteiger partial charge in [0.2, 0.25) is 15.9 Å². The van der Waals surface area contributed by atoms with E-state index in [1.54, 1.807) is 30.5 Å². The highest BCUT2D eigenvalue weighted by Crippen LogP contribution is 2.25. The lowest BCUT2D eigenvalue weighted by Gasteiger charge is -2.09. The molecule has 0 spiro atoms. The summed E-state index contributed by atoms with van der Waals surface area (Å²) in [5.74, 6) is 5.83. The molecule has 3 rings (SSSR count). The molecule has 2 aromatic carbocycles. The normalized spacial score (nSPS) is 10.9. The molecule has 0 bridgehead atoms. The number of hydrogen-bond acceptors (Lipinski definition) is 5. The third-order valence-corrected chi connectivity index (χ3v) is 5.74. The third-order valence-electron chi connectivity index (χ3n) is 4.30. The molecule has 32 heavy (non-hydrogen) atoms. The van der Waals surface area contributed by atoms with Crippen LogP contribution in [0.4, 0.5) is 5.69 Å². The molecule has 1 amide bonds. The van der Waals surface area contributed by atoms with E-state index in [0.29, 0.717) is 16.9 Å². The van der Waals surface area contributed by atoms with Crippen LogP contribution in [-0.4, -0.2) is 33.5 Å². The highest BCUT2D eigenvalue weighted by molar-refractivity contribution is 7.89. The highest BCUT2D eigenvalue weighted by Gasteiger charge is 2.17. The number of nitrogens with one attached hydrogen (secondary N) is 2. The van der Waals surface area contributed by atoms with Crippen LogP contribution in [0.1, 0.15) is 16.8 Å². The van der Waals surface area contributed by atoms with Crippen LogP contribution in [0.2, 0.25) is 0 Å². The molecule has 3 aromatic rings. The number of ether oxygens (including phenoxy) is 1. The lowest BCUT2D eigenvalue weighted by Crippen LogP contribution is -2.19. The number of benzene rings is 2. The summed E-state index contributed by atoms with van der Waals surface area (Å²) in [6, 6.07) is 17.3. The van der Waals surface area contributed by atoms with Gasteiger partial charge in [-0.25, -0.2) is 18.1 Å². The Morgan fingerprint density at radius 3 is 2.62 bits per heavy atom. The van der Waals surface area contributed by atoms with E-state index in [0.717, 1.165) is 5.56 Å². The van der Waals surface area contributed by atoms with Crippen LogP contribution in [0, 0.1) is 11.8 Å². The van der Waals surface area contributed by atoms with Gasteiger partial charge in [-0.15, -0.1) is 0 Å². The van der Waals surface area contributed by atoms with Gasteiger partial charge < -0.3 is 10.1 Å². The van der Waals surface area contributed by atoms with E-state index in [1.807, 2.05) is 24.3 Å². The molecule has 1 aromatic heterocycles. The molecular weight excluding hydrogens is 426 g/mol. The van der Waals surface area contributed by atoms with Crippen molar-refractivity contribution in [2.75, 3.05) is 19.5 Å². The van der Waals surface area contributed by atoms with Crippen molar-refractivity contribution in [2.24, 2.45) is 0 Å². The van der Waals surface area contributed by atoms with E-state index in [9.17, 15) is 13.2 Å². The lowest BCUT2D eigenvalue weighted by atomic mass is 10.2. The van der Waals surface area contributed by atoms with Crippen molar-refractivity contribution in [2.45, 2.75) is 4.90 Å². The zero-order chi connectivity index (χ0) is 23.0. The Balaban J connectivity index is 1.72. The molecule has 0 fully saturated rings. The van der Waals surface area contributed by atoms with Gasteiger partial charge in [0.05, 0.1) is 7.11 Å². The third kappa shape index (κ3) is 6.04. The van der Waals surface area contributed by atoms with Gasteiger partial charge in [0, 0.05) is 23.5 Å².